The number of fused-ring (bicyclic) bond motifs is 1. The molecule has 0 atom stereocenters. The standard InChI is InChI=1S/C34H32N12/c35-18-31-37-15-11-30(43-31)40-24-12-16-44(17-13-24)20-22-3-5-26(6-4-22)46-33(27-2-1-14-38-32(27)36)42-29-10-9-28(41-34(29)46)23-19-39-45(21-23)25-7-8-25/h1-6,9-11,14-15,19,21,24-25H,7-8,12-13,16-17,20H2,(H2,36,38)(H,37,40,43). The Kier molecular flexibility index (Phi) is 7.07. The van der Waals surface area contributed by atoms with Crippen LogP contribution in [0.15, 0.2) is 79.4 Å². The molecule has 1 aliphatic carbocycles. The number of nitriles is 1. The Labute approximate surface area is 265 Å². The fourth-order valence-corrected chi connectivity index (χ4v) is 6.11. The molecule has 8 rings (SSSR count). The fourth-order valence-electron chi connectivity index (χ4n) is 6.11. The summed E-state index contributed by atoms with van der Waals surface area (Å²) in [6.45, 7) is 2.80. The average Bonchev–Trinajstić information content (AvgIpc) is 3.70. The van der Waals surface area contributed by atoms with Crippen molar-refractivity contribution in [3.8, 4) is 34.4 Å². The van der Waals surface area contributed by atoms with Gasteiger partial charge in [0.15, 0.2) is 11.5 Å². The normalized spacial score (nSPS) is 15.6. The summed E-state index contributed by atoms with van der Waals surface area (Å²) in [5.74, 6) is 2.01. The van der Waals surface area contributed by atoms with E-state index in [1.54, 1.807) is 12.4 Å². The monoisotopic (exact) mass is 608 g/mol. The van der Waals surface area contributed by atoms with Gasteiger partial charge in [-0.05, 0) is 73.7 Å². The van der Waals surface area contributed by atoms with Crippen LogP contribution in [0.2, 0.25) is 0 Å². The molecule has 0 unspecified atom stereocenters. The van der Waals surface area contributed by atoms with Crippen LogP contribution in [0.1, 0.15) is 43.1 Å². The predicted molar refractivity (Wildman–Crippen MR) is 175 cm³/mol. The van der Waals surface area contributed by atoms with Crippen molar-refractivity contribution < 1.29 is 0 Å². The highest BCUT2D eigenvalue weighted by molar-refractivity contribution is 5.84. The van der Waals surface area contributed by atoms with Crippen LogP contribution in [0.25, 0.3) is 39.5 Å². The second-order valence-corrected chi connectivity index (χ2v) is 11.9. The minimum Gasteiger partial charge on any atom is -0.383 e. The first-order valence-corrected chi connectivity index (χ1v) is 15.6. The van der Waals surface area contributed by atoms with Crippen LogP contribution in [0, 0.1) is 11.3 Å². The van der Waals surface area contributed by atoms with Gasteiger partial charge in [-0.2, -0.15) is 10.4 Å². The Morgan fingerprint density at radius 3 is 2.54 bits per heavy atom. The molecule has 46 heavy (non-hydrogen) atoms. The van der Waals surface area contributed by atoms with E-state index in [9.17, 15) is 0 Å². The molecule has 2 fully saturated rings. The lowest BCUT2D eigenvalue weighted by Gasteiger charge is -2.32. The molecule has 2 aliphatic rings. The summed E-state index contributed by atoms with van der Waals surface area (Å²) in [5, 5.41) is 17.1. The minimum atomic E-state index is 0.183. The number of aromatic nitrogens is 8. The van der Waals surface area contributed by atoms with Gasteiger partial charge in [-0.3, -0.25) is 14.1 Å². The van der Waals surface area contributed by atoms with Gasteiger partial charge in [0.2, 0.25) is 5.82 Å². The number of nitrogen functional groups attached to an aromatic ring is 1. The quantitative estimate of drug-likeness (QED) is 0.241. The van der Waals surface area contributed by atoms with Crippen LogP contribution in [-0.4, -0.2) is 63.3 Å². The molecular formula is C34H32N12. The van der Waals surface area contributed by atoms with Crippen LogP contribution in [0.5, 0.6) is 0 Å². The van der Waals surface area contributed by atoms with E-state index in [1.165, 1.54) is 18.4 Å². The van der Waals surface area contributed by atoms with Crippen molar-refractivity contribution in [3.63, 3.8) is 0 Å². The number of piperidine rings is 1. The van der Waals surface area contributed by atoms with Gasteiger partial charge in [0.25, 0.3) is 0 Å². The summed E-state index contributed by atoms with van der Waals surface area (Å²) >= 11 is 0. The van der Waals surface area contributed by atoms with Crippen LogP contribution in [0.3, 0.4) is 0 Å². The van der Waals surface area contributed by atoms with E-state index in [4.69, 9.17) is 21.0 Å². The smallest absolute Gasteiger partial charge is 0.234 e. The molecule has 0 amide bonds. The Hall–Kier alpha value is -5.67. The summed E-state index contributed by atoms with van der Waals surface area (Å²) in [7, 11) is 0. The van der Waals surface area contributed by atoms with Gasteiger partial charge >= 0.3 is 0 Å². The van der Waals surface area contributed by atoms with Crippen molar-refractivity contribution in [1.29, 1.82) is 5.26 Å². The second-order valence-electron chi connectivity index (χ2n) is 11.9. The van der Waals surface area contributed by atoms with E-state index in [1.807, 2.05) is 47.3 Å². The highest BCUT2D eigenvalue weighted by atomic mass is 15.3. The summed E-state index contributed by atoms with van der Waals surface area (Å²) in [5.41, 5.74) is 12.7. The Morgan fingerprint density at radius 2 is 1.76 bits per heavy atom. The van der Waals surface area contributed by atoms with E-state index < -0.39 is 0 Å². The molecule has 12 nitrogen and oxygen atoms in total. The maximum absolute atomic E-state index is 9.08. The maximum Gasteiger partial charge on any atom is 0.234 e. The van der Waals surface area contributed by atoms with Gasteiger partial charge in [0, 0.05) is 55.5 Å². The molecule has 5 aromatic heterocycles. The molecule has 0 bridgehead atoms. The first-order chi connectivity index (χ1) is 22.6. The first-order valence-electron chi connectivity index (χ1n) is 15.6. The number of nitrogens with zero attached hydrogens (tertiary/aromatic N) is 10. The topological polar surface area (TPSA) is 152 Å². The van der Waals surface area contributed by atoms with E-state index in [0.29, 0.717) is 29.5 Å². The molecule has 0 radical (unpaired) electrons. The molecule has 6 heterocycles. The van der Waals surface area contributed by atoms with E-state index >= 15 is 0 Å². The zero-order valence-corrected chi connectivity index (χ0v) is 25.2. The summed E-state index contributed by atoms with van der Waals surface area (Å²) < 4.78 is 4.12. The van der Waals surface area contributed by atoms with E-state index in [-0.39, 0.29) is 5.82 Å². The molecule has 228 valence electrons. The van der Waals surface area contributed by atoms with Gasteiger partial charge in [-0.25, -0.2) is 24.9 Å². The number of imidazole rings is 1. The molecule has 0 spiro atoms. The summed E-state index contributed by atoms with van der Waals surface area (Å²) in [6, 6.07) is 21.1. The molecule has 1 aromatic carbocycles. The van der Waals surface area contributed by atoms with Crippen molar-refractivity contribution in [2.24, 2.45) is 0 Å². The van der Waals surface area contributed by atoms with Crippen molar-refractivity contribution in [3.05, 3.63) is 90.8 Å². The van der Waals surface area contributed by atoms with Gasteiger partial charge in [-0.1, -0.05) is 12.1 Å². The van der Waals surface area contributed by atoms with Gasteiger partial charge in [0.1, 0.15) is 23.2 Å². The van der Waals surface area contributed by atoms with Crippen LogP contribution in [0.4, 0.5) is 11.6 Å². The number of likely N-dealkylation sites (tertiary alicyclic amines) is 1. The second kappa shape index (κ2) is 11.7. The third-order valence-electron chi connectivity index (χ3n) is 8.70. The van der Waals surface area contributed by atoms with Crippen LogP contribution < -0.4 is 11.1 Å². The lowest BCUT2D eigenvalue weighted by Crippen LogP contribution is -2.38. The largest absolute Gasteiger partial charge is 0.383 e. The van der Waals surface area contributed by atoms with E-state index in [2.05, 4.69) is 65.3 Å². The van der Waals surface area contributed by atoms with Gasteiger partial charge in [-0.15, -0.1) is 0 Å². The van der Waals surface area contributed by atoms with Crippen LogP contribution >= 0.6 is 0 Å². The highest BCUT2D eigenvalue weighted by Crippen LogP contribution is 2.36. The number of rotatable bonds is 8. The molecule has 3 N–H and O–H groups in total. The number of pyridine rings is 2. The summed E-state index contributed by atoms with van der Waals surface area (Å²) in [4.78, 5) is 25.1. The number of hydrogen-bond donors (Lipinski definition) is 2. The molecule has 1 saturated heterocycles. The van der Waals surface area contributed by atoms with Gasteiger partial charge < -0.3 is 11.1 Å². The number of anilines is 2. The Bertz CT molecular complexity index is 2060. The van der Waals surface area contributed by atoms with E-state index in [0.717, 1.165) is 66.1 Å². The number of benzene rings is 1. The average molecular weight is 609 g/mol. The van der Waals surface area contributed by atoms with Crippen molar-refractivity contribution >= 4 is 22.8 Å². The third-order valence-corrected chi connectivity index (χ3v) is 8.70. The first kappa shape index (κ1) is 27.8. The minimum absolute atomic E-state index is 0.183. The third kappa shape index (κ3) is 5.52. The van der Waals surface area contributed by atoms with Crippen LogP contribution in [-0.2, 0) is 6.54 Å². The Balaban J connectivity index is 1.04. The zero-order chi connectivity index (χ0) is 31.0. The lowest BCUT2D eigenvalue weighted by molar-refractivity contribution is 0.211. The number of hydrogen-bond acceptors (Lipinski definition) is 10. The zero-order valence-electron chi connectivity index (χ0n) is 25.2. The maximum atomic E-state index is 9.08. The van der Waals surface area contributed by atoms with Crippen molar-refractivity contribution in [1.82, 2.24) is 44.2 Å². The lowest BCUT2D eigenvalue weighted by atomic mass is 10.0. The molecule has 1 aliphatic heterocycles. The Morgan fingerprint density at radius 1 is 0.913 bits per heavy atom. The molecule has 6 aromatic rings. The highest BCUT2D eigenvalue weighted by Gasteiger charge is 2.25. The molecule has 1 saturated carbocycles. The fraction of sp³-hybridized carbons (Fsp3) is 0.265. The molecular weight excluding hydrogens is 576 g/mol. The molecule has 12 heteroatoms. The van der Waals surface area contributed by atoms with Crippen molar-refractivity contribution in [2.45, 2.75) is 44.3 Å². The predicted octanol–water partition coefficient (Wildman–Crippen LogP) is 5.00. The summed E-state index contributed by atoms with van der Waals surface area (Å²) in [6.07, 6.45) is 11.6. The number of nitrogens with one attached hydrogen (secondary N) is 1. The van der Waals surface area contributed by atoms with Crippen molar-refractivity contribution in [2.75, 3.05) is 24.1 Å². The number of nitrogens with two attached hydrogens (primary N) is 1. The van der Waals surface area contributed by atoms with Gasteiger partial charge in [0.05, 0.1) is 23.5 Å². The SMILES string of the molecule is N#Cc1nccc(NC2CCN(Cc3ccc(-n4c(-c5cccnc5N)nc5ccc(-c6cnn(C7CC7)c6)nc54)cc3)CC2)n1.